The van der Waals surface area contributed by atoms with Gasteiger partial charge in [0, 0.05) is 17.4 Å². The largest absolute Gasteiger partial charge is 0.478 e. The Balaban J connectivity index is 1.80. The van der Waals surface area contributed by atoms with E-state index >= 15 is 0 Å². The number of amides is 3. The molecule has 142 valence electrons. The Hall–Kier alpha value is -4.14. The summed E-state index contributed by atoms with van der Waals surface area (Å²) < 4.78 is 13.6. The van der Waals surface area contributed by atoms with E-state index in [1.165, 1.54) is 48.7 Å². The maximum absolute atomic E-state index is 13.6. The molecule has 0 saturated heterocycles. The molecule has 6 N–H and O–H groups in total. The van der Waals surface area contributed by atoms with Crippen molar-refractivity contribution in [2.75, 3.05) is 10.6 Å². The first-order chi connectivity index (χ1) is 13.4. The van der Waals surface area contributed by atoms with E-state index < -0.39 is 23.7 Å². The van der Waals surface area contributed by atoms with E-state index in [4.69, 9.17) is 5.73 Å². The number of carbonyl (C=O) groups excluding carboxylic acids is 2. The van der Waals surface area contributed by atoms with Crippen LogP contribution in [0, 0.1) is 5.82 Å². The third-order valence-corrected chi connectivity index (χ3v) is 3.91. The molecule has 0 unspecified atom stereocenters. The van der Waals surface area contributed by atoms with Gasteiger partial charge in [0.2, 0.25) is 0 Å². The number of nitrogens with two attached hydrogens (primary N) is 1. The molecule has 9 heteroatoms. The number of aromatic amines is 1. The molecule has 0 aliphatic carbocycles. The van der Waals surface area contributed by atoms with Crippen LogP contribution in [0.1, 0.15) is 20.8 Å². The summed E-state index contributed by atoms with van der Waals surface area (Å²) in [6.45, 7) is 0. The number of anilines is 2. The predicted octanol–water partition coefficient (Wildman–Crippen LogP) is 3.26. The summed E-state index contributed by atoms with van der Waals surface area (Å²) in [6, 6.07) is 11.2. The van der Waals surface area contributed by atoms with Crippen molar-refractivity contribution in [3.05, 3.63) is 71.8 Å². The number of aromatic nitrogens is 1. The highest BCUT2D eigenvalue weighted by Crippen LogP contribution is 2.29. The van der Waals surface area contributed by atoms with Crippen LogP contribution in [0.15, 0.2) is 54.7 Å². The third-order valence-electron chi connectivity index (χ3n) is 3.91. The van der Waals surface area contributed by atoms with Gasteiger partial charge < -0.3 is 26.5 Å². The average molecular weight is 382 g/mol. The van der Waals surface area contributed by atoms with Crippen LogP contribution in [0.2, 0.25) is 0 Å². The molecule has 0 radical (unpaired) electrons. The molecule has 0 aliphatic rings. The lowest BCUT2D eigenvalue weighted by Crippen LogP contribution is -2.20. The SMILES string of the molecule is NC(=O)c1[nH]cc(C(=O)O)c1-c1ccc(NC(=O)Nc2ccccc2F)cc1. The van der Waals surface area contributed by atoms with E-state index in [-0.39, 0.29) is 22.5 Å². The smallest absolute Gasteiger partial charge is 0.337 e. The zero-order valence-electron chi connectivity index (χ0n) is 14.3. The number of aromatic carboxylic acids is 1. The maximum Gasteiger partial charge on any atom is 0.337 e. The minimum absolute atomic E-state index is 0.0288. The van der Waals surface area contributed by atoms with Crippen LogP contribution >= 0.6 is 0 Å². The number of carbonyl (C=O) groups is 3. The summed E-state index contributed by atoms with van der Waals surface area (Å²) in [5.41, 5.74) is 6.14. The Morgan fingerprint density at radius 1 is 1.00 bits per heavy atom. The summed E-state index contributed by atoms with van der Waals surface area (Å²) in [6.07, 6.45) is 1.19. The van der Waals surface area contributed by atoms with Crippen molar-refractivity contribution in [3.63, 3.8) is 0 Å². The van der Waals surface area contributed by atoms with Gasteiger partial charge in [0.1, 0.15) is 11.5 Å². The van der Waals surface area contributed by atoms with Gasteiger partial charge in [0.15, 0.2) is 0 Å². The molecule has 28 heavy (non-hydrogen) atoms. The van der Waals surface area contributed by atoms with Gasteiger partial charge in [-0.25, -0.2) is 14.0 Å². The van der Waals surface area contributed by atoms with E-state index in [9.17, 15) is 23.9 Å². The average Bonchev–Trinajstić information content (AvgIpc) is 3.10. The fourth-order valence-electron chi connectivity index (χ4n) is 2.65. The highest BCUT2D eigenvalue weighted by molar-refractivity contribution is 6.06. The summed E-state index contributed by atoms with van der Waals surface area (Å²) in [5.74, 6) is -2.58. The van der Waals surface area contributed by atoms with Crippen LogP contribution in [0.4, 0.5) is 20.6 Å². The first kappa shape index (κ1) is 18.6. The van der Waals surface area contributed by atoms with Gasteiger partial charge in [0.25, 0.3) is 5.91 Å². The number of para-hydroxylation sites is 1. The third kappa shape index (κ3) is 3.83. The van der Waals surface area contributed by atoms with Crippen molar-refractivity contribution in [1.29, 1.82) is 0 Å². The minimum atomic E-state index is -1.22. The number of rotatable bonds is 5. The lowest BCUT2D eigenvalue weighted by atomic mass is 10.0. The molecular weight excluding hydrogens is 367 g/mol. The zero-order chi connectivity index (χ0) is 20.3. The second kappa shape index (κ2) is 7.62. The number of carboxylic acid groups (broad SMARTS) is 1. The topological polar surface area (TPSA) is 137 Å². The Kier molecular flexibility index (Phi) is 5.07. The molecule has 0 spiro atoms. The van der Waals surface area contributed by atoms with Crippen LogP contribution in [0.3, 0.4) is 0 Å². The van der Waals surface area contributed by atoms with Crippen LogP contribution < -0.4 is 16.4 Å². The molecule has 8 nitrogen and oxygen atoms in total. The van der Waals surface area contributed by atoms with Gasteiger partial charge >= 0.3 is 12.0 Å². The Morgan fingerprint density at radius 3 is 2.29 bits per heavy atom. The molecule has 0 fully saturated rings. The van der Waals surface area contributed by atoms with E-state index in [0.717, 1.165) is 0 Å². The molecule has 0 atom stereocenters. The van der Waals surface area contributed by atoms with Crippen LogP contribution in [-0.2, 0) is 0 Å². The molecule has 3 amide bonds. The number of urea groups is 1. The van der Waals surface area contributed by atoms with Gasteiger partial charge in [-0.05, 0) is 29.8 Å². The van der Waals surface area contributed by atoms with Crippen LogP contribution in [-0.4, -0.2) is 28.0 Å². The van der Waals surface area contributed by atoms with E-state index in [1.54, 1.807) is 6.07 Å². The van der Waals surface area contributed by atoms with Gasteiger partial charge in [-0.15, -0.1) is 0 Å². The maximum atomic E-state index is 13.6. The van der Waals surface area contributed by atoms with Gasteiger partial charge in [-0.2, -0.15) is 0 Å². The van der Waals surface area contributed by atoms with Crippen molar-refractivity contribution in [2.24, 2.45) is 5.73 Å². The molecule has 3 aromatic rings. The number of nitrogens with one attached hydrogen (secondary N) is 3. The molecular formula is C19H15FN4O4. The lowest BCUT2D eigenvalue weighted by Gasteiger charge is -2.09. The normalized spacial score (nSPS) is 10.3. The van der Waals surface area contributed by atoms with Crippen LogP contribution in [0.25, 0.3) is 11.1 Å². The molecule has 0 saturated carbocycles. The Bertz CT molecular complexity index is 1030. The fraction of sp³-hybridized carbons (Fsp3) is 0. The highest BCUT2D eigenvalue weighted by atomic mass is 19.1. The fourth-order valence-corrected chi connectivity index (χ4v) is 2.65. The molecule has 1 heterocycles. The first-order valence-corrected chi connectivity index (χ1v) is 8.04. The summed E-state index contributed by atoms with van der Waals surface area (Å²) in [7, 11) is 0. The predicted molar refractivity (Wildman–Crippen MR) is 101 cm³/mol. The monoisotopic (exact) mass is 382 g/mol. The number of primary amides is 1. The molecule has 2 aromatic carbocycles. The first-order valence-electron chi connectivity index (χ1n) is 8.04. The second-order valence-electron chi connectivity index (χ2n) is 5.76. The standard InChI is InChI=1S/C19H15FN4O4/c20-13-3-1-2-4-14(13)24-19(28)23-11-7-5-10(6-8-11)15-12(18(26)27)9-22-16(15)17(21)25/h1-9,22H,(H2,21,25)(H,26,27)(H2,23,24,28). The van der Waals surface area contributed by atoms with Gasteiger partial charge in [-0.3, -0.25) is 4.79 Å². The van der Waals surface area contributed by atoms with E-state index in [2.05, 4.69) is 15.6 Å². The second-order valence-corrected chi connectivity index (χ2v) is 5.76. The summed E-state index contributed by atoms with van der Waals surface area (Å²) >= 11 is 0. The van der Waals surface area contributed by atoms with Crippen LogP contribution in [0.5, 0.6) is 0 Å². The van der Waals surface area contributed by atoms with E-state index in [0.29, 0.717) is 11.3 Å². The number of carboxylic acids is 1. The summed E-state index contributed by atoms with van der Waals surface area (Å²) in [4.78, 5) is 37.5. The van der Waals surface area contributed by atoms with Gasteiger partial charge in [0.05, 0.1) is 11.3 Å². The number of hydrogen-bond donors (Lipinski definition) is 5. The highest BCUT2D eigenvalue weighted by Gasteiger charge is 2.21. The number of hydrogen-bond acceptors (Lipinski definition) is 3. The zero-order valence-corrected chi connectivity index (χ0v) is 14.3. The van der Waals surface area contributed by atoms with Crippen molar-refractivity contribution in [3.8, 4) is 11.1 Å². The number of benzene rings is 2. The number of halogens is 1. The quantitative estimate of drug-likeness (QED) is 0.462. The van der Waals surface area contributed by atoms with Gasteiger partial charge in [-0.1, -0.05) is 24.3 Å². The summed E-state index contributed by atoms with van der Waals surface area (Å²) in [5, 5.41) is 14.2. The van der Waals surface area contributed by atoms with Crippen molar-refractivity contribution in [1.82, 2.24) is 4.98 Å². The molecule has 3 rings (SSSR count). The molecule has 0 bridgehead atoms. The number of H-pyrrole nitrogens is 1. The van der Waals surface area contributed by atoms with E-state index in [1.807, 2.05) is 0 Å². The Morgan fingerprint density at radius 2 is 1.68 bits per heavy atom. The lowest BCUT2D eigenvalue weighted by molar-refractivity contribution is 0.0697. The molecule has 0 aliphatic heterocycles. The Labute approximate surface area is 158 Å². The van der Waals surface area contributed by atoms with Crippen molar-refractivity contribution in [2.45, 2.75) is 0 Å². The van der Waals surface area contributed by atoms with Crippen molar-refractivity contribution >= 4 is 29.3 Å². The molecule has 1 aromatic heterocycles. The minimum Gasteiger partial charge on any atom is -0.478 e. The van der Waals surface area contributed by atoms with Crippen molar-refractivity contribution < 1.29 is 23.9 Å².